The average Bonchev–Trinajstić information content (AvgIpc) is 3.29. The van der Waals surface area contributed by atoms with E-state index in [1.807, 2.05) is 23.7 Å². The number of hydrogen-bond acceptors (Lipinski definition) is 9. The second kappa shape index (κ2) is 13.6. The van der Waals surface area contributed by atoms with Gasteiger partial charge in [-0.15, -0.1) is 0 Å². The van der Waals surface area contributed by atoms with Gasteiger partial charge < -0.3 is 18.6 Å². The fourth-order valence-electron chi connectivity index (χ4n) is 4.70. The molecule has 1 aliphatic rings. The average molecular weight is 634 g/mol. The highest BCUT2D eigenvalue weighted by Crippen LogP contribution is 2.40. The van der Waals surface area contributed by atoms with E-state index >= 15 is 0 Å². The lowest BCUT2D eigenvalue weighted by molar-refractivity contribution is -0.0365. The molecular weight excluding hydrogens is 587 g/mol. The van der Waals surface area contributed by atoms with Gasteiger partial charge in [-0.05, 0) is 81.9 Å². The van der Waals surface area contributed by atoms with Crippen molar-refractivity contribution in [2.45, 2.75) is 96.9 Å². The summed E-state index contributed by atoms with van der Waals surface area (Å²) in [5.74, 6) is 1.44. The second-order valence-corrected chi connectivity index (χ2v) is 19.3. The Morgan fingerprint density at radius 1 is 1.09 bits per heavy atom. The summed E-state index contributed by atoms with van der Waals surface area (Å²) >= 11 is 0. The molecule has 0 spiro atoms. The highest BCUT2D eigenvalue weighted by atomic mass is 32.2. The van der Waals surface area contributed by atoms with Crippen molar-refractivity contribution in [3.8, 4) is 22.8 Å². The van der Waals surface area contributed by atoms with E-state index in [2.05, 4.69) is 51.0 Å². The molecule has 1 aromatic carbocycles. The zero-order chi connectivity index (χ0) is 31.4. The maximum atomic E-state index is 11.3. The van der Waals surface area contributed by atoms with Gasteiger partial charge in [-0.3, -0.25) is 9.17 Å². The van der Waals surface area contributed by atoms with Crippen molar-refractivity contribution in [3.05, 3.63) is 36.7 Å². The smallest absolute Gasteiger partial charge is 0.264 e. The van der Waals surface area contributed by atoms with Crippen LogP contribution in [-0.2, 0) is 23.8 Å². The minimum atomic E-state index is -3.49. The molecule has 1 fully saturated rings. The number of pyridine rings is 1. The lowest BCUT2D eigenvalue weighted by atomic mass is 10.1. The third-order valence-corrected chi connectivity index (χ3v) is 13.0. The Bertz CT molecular complexity index is 1480. The summed E-state index contributed by atoms with van der Waals surface area (Å²) in [6.45, 7) is 16.2. The SMILES string of the molecule is C[C@@H](COCC[C@H](C)OS(C)(=O)=O)Oc1cncc(-c2nn(C3CCCCO3)c3ccc(O[Si](C)(C)C(C)(C)C)cc23)c1. The van der Waals surface area contributed by atoms with Crippen LogP contribution >= 0.6 is 0 Å². The standard InChI is InChI=1S/C31H47N3O7SSi/c1-22(40-42(6,35)36)14-16-37-21-23(2)39-26-17-24(19-32-20-26)30-27-18-25(41-43(7,8)31(3,4)5)12-13-28(27)34(33-30)29-11-9-10-15-38-29/h12-13,17-20,22-23,29H,9-11,14-16,21H2,1-8H3/t22-,23-,29?/m0/s1. The van der Waals surface area contributed by atoms with Crippen molar-refractivity contribution >= 4 is 29.3 Å². The molecule has 43 heavy (non-hydrogen) atoms. The zero-order valence-corrected chi connectivity index (χ0v) is 28.6. The van der Waals surface area contributed by atoms with E-state index in [4.69, 9.17) is 27.9 Å². The summed E-state index contributed by atoms with van der Waals surface area (Å²) in [5, 5.41) is 6.12. The predicted molar refractivity (Wildman–Crippen MR) is 171 cm³/mol. The Kier molecular flexibility index (Phi) is 10.6. The first-order chi connectivity index (χ1) is 20.1. The summed E-state index contributed by atoms with van der Waals surface area (Å²) in [7, 11) is -5.53. The molecule has 1 aliphatic heterocycles. The maximum Gasteiger partial charge on any atom is 0.264 e. The van der Waals surface area contributed by atoms with Gasteiger partial charge in [0.2, 0.25) is 8.32 Å². The van der Waals surface area contributed by atoms with Crippen molar-refractivity contribution in [1.29, 1.82) is 0 Å². The molecule has 0 amide bonds. The number of benzene rings is 1. The molecule has 238 valence electrons. The highest BCUT2D eigenvalue weighted by Gasteiger charge is 2.39. The first kappa shape index (κ1) is 33.4. The van der Waals surface area contributed by atoms with Gasteiger partial charge in [-0.1, -0.05) is 20.8 Å². The molecule has 3 atom stereocenters. The molecule has 1 unspecified atom stereocenters. The van der Waals surface area contributed by atoms with Crippen LogP contribution in [0, 0.1) is 0 Å². The zero-order valence-electron chi connectivity index (χ0n) is 26.8. The third kappa shape index (κ3) is 9.01. The van der Waals surface area contributed by atoms with E-state index in [1.54, 1.807) is 19.3 Å². The van der Waals surface area contributed by atoms with E-state index in [0.717, 1.165) is 60.0 Å². The summed E-state index contributed by atoms with van der Waals surface area (Å²) in [6.07, 6.45) is 7.23. The van der Waals surface area contributed by atoms with Gasteiger partial charge >= 0.3 is 0 Å². The van der Waals surface area contributed by atoms with Gasteiger partial charge in [-0.25, -0.2) is 4.68 Å². The van der Waals surface area contributed by atoms with Crippen LogP contribution in [0.2, 0.25) is 18.1 Å². The van der Waals surface area contributed by atoms with Crippen molar-refractivity contribution in [1.82, 2.24) is 14.8 Å². The molecule has 0 radical (unpaired) electrons. The quantitative estimate of drug-likeness (QED) is 0.115. The molecule has 0 bridgehead atoms. The van der Waals surface area contributed by atoms with Crippen molar-refractivity contribution in [2.24, 2.45) is 0 Å². The third-order valence-electron chi connectivity index (χ3n) is 7.97. The molecule has 0 aliphatic carbocycles. The number of rotatable bonds is 13. The van der Waals surface area contributed by atoms with Crippen LogP contribution in [0.15, 0.2) is 36.7 Å². The molecule has 2 aromatic heterocycles. The molecule has 1 saturated heterocycles. The first-order valence-corrected chi connectivity index (χ1v) is 19.8. The van der Waals surface area contributed by atoms with Crippen molar-refractivity contribution < 1.29 is 31.2 Å². The molecule has 3 aromatic rings. The van der Waals surface area contributed by atoms with Crippen molar-refractivity contribution in [3.63, 3.8) is 0 Å². The molecule has 4 rings (SSSR count). The Hall–Kier alpha value is -2.51. The number of aromatic nitrogens is 3. The van der Waals surface area contributed by atoms with Gasteiger partial charge in [0.1, 0.15) is 23.3 Å². The molecule has 3 heterocycles. The minimum Gasteiger partial charge on any atom is -0.543 e. The normalized spacial score (nSPS) is 18.0. The van der Waals surface area contributed by atoms with Crippen LogP contribution in [-0.4, -0.2) is 69.8 Å². The summed E-state index contributed by atoms with van der Waals surface area (Å²) in [4.78, 5) is 4.47. The Morgan fingerprint density at radius 3 is 2.53 bits per heavy atom. The van der Waals surface area contributed by atoms with Crippen LogP contribution in [0.4, 0.5) is 0 Å². The second-order valence-electron chi connectivity index (χ2n) is 13.0. The lowest BCUT2D eigenvalue weighted by Crippen LogP contribution is -2.43. The van der Waals surface area contributed by atoms with Gasteiger partial charge in [0.05, 0.1) is 30.7 Å². The summed E-state index contributed by atoms with van der Waals surface area (Å²) < 4.78 is 54.1. The summed E-state index contributed by atoms with van der Waals surface area (Å²) in [5.41, 5.74) is 2.62. The largest absolute Gasteiger partial charge is 0.543 e. The van der Waals surface area contributed by atoms with Crippen LogP contribution in [0.3, 0.4) is 0 Å². The van der Waals surface area contributed by atoms with Gasteiger partial charge in [0.15, 0.2) is 6.23 Å². The molecular formula is C31H47N3O7SSi. The molecule has 12 heteroatoms. The van der Waals surface area contributed by atoms with E-state index in [1.165, 1.54) is 0 Å². The molecule has 0 saturated carbocycles. The number of nitrogens with zero attached hydrogens (tertiary/aromatic N) is 3. The van der Waals surface area contributed by atoms with E-state index < -0.39 is 24.5 Å². The topological polar surface area (TPSA) is 111 Å². The van der Waals surface area contributed by atoms with E-state index in [-0.39, 0.29) is 17.4 Å². The van der Waals surface area contributed by atoms with Crippen LogP contribution in [0.5, 0.6) is 11.5 Å². The number of fused-ring (bicyclic) bond motifs is 1. The van der Waals surface area contributed by atoms with Crippen molar-refractivity contribution in [2.75, 3.05) is 26.1 Å². The first-order valence-electron chi connectivity index (χ1n) is 15.0. The van der Waals surface area contributed by atoms with E-state index in [9.17, 15) is 8.42 Å². The summed E-state index contributed by atoms with van der Waals surface area (Å²) in [6, 6.07) is 8.17. The Labute approximate surface area is 257 Å². The molecule has 0 N–H and O–H groups in total. The van der Waals surface area contributed by atoms with Gasteiger partial charge in [-0.2, -0.15) is 13.5 Å². The van der Waals surface area contributed by atoms with Crippen LogP contribution in [0.1, 0.15) is 66.5 Å². The maximum absolute atomic E-state index is 11.3. The van der Waals surface area contributed by atoms with Gasteiger partial charge in [0.25, 0.3) is 10.1 Å². The fourth-order valence-corrected chi connectivity index (χ4v) is 6.42. The highest BCUT2D eigenvalue weighted by molar-refractivity contribution is 7.86. The number of hydrogen-bond donors (Lipinski definition) is 0. The van der Waals surface area contributed by atoms with Crippen LogP contribution < -0.4 is 9.16 Å². The predicted octanol–water partition coefficient (Wildman–Crippen LogP) is 6.72. The Morgan fingerprint density at radius 2 is 1.86 bits per heavy atom. The van der Waals surface area contributed by atoms with E-state index in [0.29, 0.717) is 25.4 Å². The number of ether oxygens (including phenoxy) is 3. The van der Waals surface area contributed by atoms with Crippen LogP contribution in [0.25, 0.3) is 22.2 Å². The minimum absolute atomic E-state index is 0.0725. The Balaban J connectivity index is 1.54. The molecule has 10 nitrogen and oxygen atoms in total. The monoisotopic (exact) mass is 633 g/mol. The lowest BCUT2D eigenvalue weighted by Gasteiger charge is -2.36. The van der Waals surface area contributed by atoms with Gasteiger partial charge in [0, 0.05) is 30.4 Å². The fraction of sp³-hybridized carbons (Fsp3) is 0.613.